The number of nitrogens with zero attached hydrogens (tertiary/aromatic N) is 1. The van der Waals surface area contributed by atoms with E-state index in [0.717, 1.165) is 34.5 Å². The Hall–Kier alpha value is -3.74. The van der Waals surface area contributed by atoms with Crippen LogP contribution in [0.2, 0.25) is 0 Å². The average molecular weight is 654 g/mol. The first-order valence-corrected chi connectivity index (χ1v) is 18.0. The summed E-state index contributed by atoms with van der Waals surface area (Å²) in [5.74, 6) is -0.386. The van der Waals surface area contributed by atoms with E-state index >= 15 is 0 Å². The van der Waals surface area contributed by atoms with E-state index < -0.39 is 33.9 Å². The van der Waals surface area contributed by atoms with Gasteiger partial charge in [0.25, 0.3) is 11.8 Å². The van der Waals surface area contributed by atoms with E-state index in [1.165, 1.54) is 36.6 Å². The molecule has 1 heterocycles. The van der Waals surface area contributed by atoms with Crippen molar-refractivity contribution in [1.82, 2.24) is 21.3 Å². The molecule has 1 aliphatic carbocycles. The molecule has 0 bridgehead atoms. The summed E-state index contributed by atoms with van der Waals surface area (Å²) >= 11 is 1.52. The van der Waals surface area contributed by atoms with Crippen molar-refractivity contribution in [3.05, 3.63) is 87.6 Å². The molecule has 4 rings (SSSR count). The molecule has 0 spiro atoms. The van der Waals surface area contributed by atoms with Gasteiger partial charge in [-0.05, 0) is 84.7 Å². The van der Waals surface area contributed by atoms with Crippen molar-refractivity contribution in [3.8, 4) is 0 Å². The number of carbonyl (C=O) groups excluding carboxylic acids is 3. The molecule has 0 saturated heterocycles. The number of anilines is 1. The molecule has 10 nitrogen and oxygen atoms in total. The van der Waals surface area contributed by atoms with Gasteiger partial charge in [-0.2, -0.15) is 11.3 Å². The zero-order chi connectivity index (χ0) is 32.6. The summed E-state index contributed by atoms with van der Waals surface area (Å²) in [7, 11) is -2.30. The Morgan fingerprint density at radius 1 is 1.00 bits per heavy atom. The molecule has 12 heteroatoms. The van der Waals surface area contributed by atoms with E-state index in [-0.39, 0.29) is 28.8 Å². The van der Waals surface area contributed by atoms with E-state index in [0.29, 0.717) is 31.8 Å². The lowest BCUT2D eigenvalue weighted by Gasteiger charge is -2.24. The van der Waals surface area contributed by atoms with Crippen LogP contribution in [0, 0.1) is 5.92 Å². The minimum atomic E-state index is -3.68. The van der Waals surface area contributed by atoms with E-state index in [1.807, 2.05) is 61.0 Å². The molecule has 0 radical (unpaired) electrons. The van der Waals surface area contributed by atoms with Crippen molar-refractivity contribution in [1.29, 1.82) is 0 Å². The van der Waals surface area contributed by atoms with Gasteiger partial charge >= 0.3 is 0 Å². The van der Waals surface area contributed by atoms with Gasteiger partial charge in [0.1, 0.15) is 0 Å². The van der Waals surface area contributed by atoms with Crippen LogP contribution in [0.3, 0.4) is 0 Å². The van der Waals surface area contributed by atoms with Crippen LogP contribution in [0.15, 0.2) is 65.4 Å². The summed E-state index contributed by atoms with van der Waals surface area (Å²) < 4.78 is 25.9. The van der Waals surface area contributed by atoms with Crippen molar-refractivity contribution >= 4 is 44.8 Å². The van der Waals surface area contributed by atoms with Gasteiger partial charge in [-0.1, -0.05) is 37.3 Å². The molecule has 45 heavy (non-hydrogen) atoms. The van der Waals surface area contributed by atoms with Gasteiger partial charge in [-0.15, -0.1) is 0 Å². The van der Waals surface area contributed by atoms with E-state index in [9.17, 15) is 22.8 Å². The fraction of sp³-hybridized carbons (Fsp3) is 0.424. The first-order chi connectivity index (χ1) is 21.4. The van der Waals surface area contributed by atoms with E-state index in [4.69, 9.17) is 0 Å². The maximum atomic E-state index is 13.8. The third-order valence-corrected chi connectivity index (χ3v) is 9.86. The minimum Gasteiger partial charge on any atom is -0.354 e. The molecule has 1 saturated carbocycles. The normalized spacial score (nSPS) is 15.0. The second kappa shape index (κ2) is 15.5. The third kappa shape index (κ3) is 10.1. The predicted molar refractivity (Wildman–Crippen MR) is 179 cm³/mol. The Morgan fingerprint density at radius 2 is 1.67 bits per heavy atom. The van der Waals surface area contributed by atoms with Crippen LogP contribution < -0.4 is 25.6 Å². The van der Waals surface area contributed by atoms with Gasteiger partial charge in [0.05, 0.1) is 24.0 Å². The SMILES string of the molecule is CC[C@H](NC[C@@H](Cc1ccccc1)NC(=O)c1cc(C(=O)NC(C)c2ccsc2)cc(N(C)S(C)(=O)=O)c1)C(=O)NCC1CC1. The largest absolute Gasteiger partial charge is 0.354 e. The predicted octanol–water partition coefficient (Wildman–Crippen LogP) is 3.87. The second-order valence-corrected chi connectivity index (χ2v) is 14.5. The summed E-state index contributed by atoms with van der Waals surface area (Å²) in [5.41, 5.74) is 2.44. The highest BCUT2D eigenvalue weighted by Gasteiger charge is 2.25. The Labute approximate surface area is 270 Å². The highest BCUT2D eigenvalue weighted by molar-refractivity contribution is 7.92. The third-order valence-electron chi connectivity index (χ3n) is 7.95. The van der Waals surface area contributed by atoms with Gasteiger partial charge < -0.3 is 21.3 Å². The van der Waals surface area contributed by atoms with Crippen LogP contribution in [0.1, 0.15) is 71.0 Å². The fourth-order valence-electron chi connectivity index (χ4n) is 4.87. The molecule has 1 fully saturated rings. The molecule has 3 atom stereocenters. The van der Waals surface area contributed by atoms with Crippen LogP contribution in [-0.2, 0) is 21.2 Å². The number of rotatable bonds is 16. The molecule has 3 aromatic rings. The van der Waals surface area contributed by atoms with Gasteiger partial charge in [-0.3, -0.25) is 18.7 Å². The first kappa shape index (κ1) is 34.1. The number of amides is 3. The van der Waals surface area contributed by atoms with Crippen LogP contribution in [0.25, 0.3) is 0 Å². The molecule has 242 valence electrons. The van der Waals surface area contributed by atoms with Crippen molar-refractivity contribution in [2.75, 3.05) is 30.7 Å². The van der Waals surface area contributed by atoms with Crippen LogP contribution >= 0.6 is 11.3 Å². The van der Waals surface area contributed by atoms with Crippen molar-refractivity contribution in [2.24, 2.45) is 5.92 Å². The number of nitrogens with one attached hydrogen (secondary N) is 4. The zero-order valence-electron chi connectivity index (χ0n) is 26.2. The quantitative estimate of drug-likeness (QED) is 0.185. The maximum absolute atomic E-state index is 13.8. The zero-order valence-corrected chi connectivity index (χ0v) is 27.8. The van der Waals surface area contributed by atoms with Crippen LogP contribution in [0.4, 0.5) is 5.69 Å². The summed E-state index contributed by atoms with van der Waals surface area (Å²) in [6, 6.07) is 14.9. The number of carbonyl (C=O) groups is 3. The second-order valence-electron chi connectivity index (χ2n) is 11.7. The highest BCUT2D eigenvalue weighted by atomic mass is 32.2. The Kier molecular flexibility index (Phi) is 11.8. The lowest BCUT2D eigenvalue weighted by molar-refractivity contribution is -0.123. The number of hydrogen-bond donors (Lipinski definition) is 4. The lowest BCUT2D eigenvalue weighted by Crippen LogP contribution is -2.50. The molecular formula is C33H43N5O5S2. The van der Waals surface area contributed by atoms with Gasteiger partial charge in [0, 0.05) is 37.3 Å². The molecule has 1 aliphatic rings. The summed E-state index contributed by atoms with van der Waals surface area (Å²) in [6.07, 6.45) is 4.44. The summed E-state index contributed by atoms with van der Waals surface area (Å²) in [6.45, 7) is 4.80. The molecule has 4 N–H and O–H groups in total. The number of sulfonamides is 1. The smallest absolute Gasteiger partial charge is 0.251 e. The molecule has 3 amide bonds. The van der Waals surface area contributed by atoms with Crippen LogP contribution in [0.5, 0.6) is 0 Å². The summed E-state index contributed by atoms with van der Waals surface area (Å²) in [4.78, 5) is 39.9. The number of benzene rings is 2. The fourth-order valence-corrected chi connectivity index (χ4v) is 6.11. The Balaban J connectivity index is 1.56. The van der Waals surface area contributed by atoms with Crippen molar-refractivity contribution < 1.29 is 22.8 Å². The Bertz CT molecular complexity index is 1560. The van der Waals surface area contributed by atoms with Crippen molar-refractivity contribution in [3.63, 3.8) is 0 Å². The molecule has 0 aliphatic heterocycles. The van der Waals surface area contributed by atoms with Gasteiger partial charge in [-0.25, -0.2) is 8.42 Å². The summed E-state index contributed by atoms with van der Waals surface area (Å²) in [5, 5.41) is 16.2. The maximum Gasteiger partial charge on any atom is 0.251 e. The Morgan fingerprint density at radius 3 is 2.24 bits per heavy atom. The van der Waals surface area contributed by atoms with Gasteiger partial charge in [0.2, 0.25) is 15.9 Å². The standard InChI is InChI=1S/C33H43N5O5S2/c1-5-30(33(41)35-19-24-11-12-24)34-20-28(15-23-9-7-6-8-10-23)37-32(40)27-16-26(17-29(18-27)38(3)45(4,42)43)31(39)36-22(2)25-13-14-44-21-25/h6-10,13-14,16-18,21-22,24,28,30,34H,5,11-12,15,19-20H2,1-4H3,(H,35,41)(H,36,39)(H,37,40)/t22?,28-,30+/m1/s1. The van der Waals surface area contributed by atoms with Crippen LogP contribution in [-0.4, -0.2) is 64.6 Å². The monoisotopic (exact) mass is 653 g/mol. The van der Waals surface area contributed by atoms with E-state index in [2.05, 4.69) is 21.3 Å². The topological polar surface area (TPSA) is 137 Å². The first-order valence-electron chi connectivity index (χ1n) is 15.2. The van der Waals surface area contributed by atoms with E-state index in [1.54, 1.807) is 0 Å². The molecule has 2 aromatic carbocycles. The van der Waals surface area contributed by atoms with Gasteiger partial charge in [0.15, 0.2) is 0 Å². The minimum absolute atomic E-state index is 0.0574. The molecular weight excluding hydrogens is 611 g/mol. The molecule has 1 aromatic heterocycles. The average Bonchev–Trinajstić information content (AvgIpc) is 3.68. The lowest BCUT2D eigenvalue weighted by atomic mass is 10.0. The van der Waals surface area contributed by atoms with Crippen molar-refractivity contribution in [2.45, 2.75) is 57.7 Å². The number of thiophene rings is 1. The number of hydrogen-bond acceptors (Lipinski definition) is 7. The molecule has 1 unspecified atom stereocenters. The highest BCUT2D eigenvalue weighted by Crippen LogP contribution is 2.27.